The third-order valence-electron chi connectivity index (χ3n) is 2.91. The van der Waals surface area contributed by atoms with Crippen LogP contribution in [0.2, 0.25) is 0 Å². The number of anilines is 1. The molecule has 0 spiro atoms. The lowest BCUT2D eigenvalue weighted by Gasteiger charge is -2.15. The number of carboxylic acid groups (broad SMARTS) is 1. The number of aromatic carboxylic acids is 1. The van der Waals surface area contributed by atoms with Gasteiger partial charge in [-0.15, -0.1) is 0 Å². The van der Waals surface area contributed by atoms with E-state index in [0.29, 0.717) is 5.75 Å². The van der Waals surface area contributed by atoms with Crippen molar-refractivity contribution in [2.45, 2.75) is 13.0 Å². The summed E-state index contributed by atoms with van der Waals surface area (Å²) in [7, 11) is 0. The van der Waals surface area contributed by atoms with Gasteiger partial charge >= 0.3 is 5.97 Å². The molecule has 22 heavy (non-hydrogen) atoms. The Morgan fingerprint density at radius 3 is 2.41 bits per heavy atom. The zero-order valence-corrected chi connectivity index (χ0v) is 13.3. The molecule has 6 heteroatoms. The van der Waals surface area contributed by atoms with Crippen LogP contribution >= 0.6 is 15.9 Å². The number of amides is 1. The maximum absolute atomic E-state index is 12.1. The summed E-state index contributed by atoms with van der Waals surface area (Å²) in [6.45, 7) is 1.60. The highest BCUT2D eigenvalue weighted by atomic mass is 79.9. The van der Waals surface area contributed by atoms with Crippen LogP contribution in [0.15, 0.2) is 53.0 Å². The lowest BCUT2D eigenvalue weighted by Crippen LogP contribution is -2.30. The molecule has 5 nitrogen and oxygen atoms in total. The van der Waals surface area contributed by atoms with Crippen LogP contribution in [0.3, 0.4) is 0 Å². The summed E-state index contributed by atoms with van der Waals surface area (Å²) in [4.78, 5) is 23.2. The Bertz CT molecular complexity index is 685. The van der Waals surface area contributed by atoms with Gasteiger partial charge in [0.15, 0.2) is 6.10 Å². The number of carboxylic acids is 1. The van der Waals surface area contributed by atoms with E-state index in [1.165, 1.54) is 12.1 Å². The van der Waals surface area contributed by atoms with Crippen molar-refractivity contribution < 1.29 is 19.4 Å². The Morgan fingerprint density at radius 2 is 1.77 bits per heavy atom. The van der Waals surface area contributed by atoms with E-state index in [2.05, 4.69) is 21.2 Å². The summed E-state index contributed by atoms with van der Waals surface area (Å²) in [5.41, 5.74) is 0.276. The van der Waals surface area contributed by atoms with Crippen molar-refractivity contribution >= 4 is 33.5 Å². The Balaban J connectivity index is 2.05. The van der Waals surface area contributed by atoms with Crippen LogP contribution in [0.5, 0.6) is 5.75 Å². The molecule has 0 saturated heterocycles. The molecule has 1 unspecified atom stereocenters. The number of rotatable bonds is 5. The van der Waals surface area contributed by atoms with E-state index in [1.54, 1.807) is 43.3 Å². The maximum atomic E-state index is 12.1. The quantitative estimate of drug-likeness (QED) is 0.851. The number of ether oxygens (including phenoxy) is 1. The highest BCUT2D eigenvalue weighted by Gasteiger charge is 2.18. The molecule has 114 valence electrons. The van der Waals surface area contributed by atoms with Gasteiger partial charge in [-0.05, 0) is 43.3 Å². The maximum Gasteiger partial charge on any atom is 0.337 e. The topological polar surface area (TPSA) is 75.6 Å². The SMILES string of the molecule is CC(Oc1ccc(Br)cc1)C(=O)Nc1ccccc1C(=O)O. The summed E-state index contributed by atoms with van der Waals surface area (Å²) >= 11 is 3.32. The Hall–Kier alpha value is -2.34. The number of para-hydroxylation sites is 1. The van der Waals surface area contributed by atoms with Crippen LogP contribution in [0, 0.1) is 0 Å². The number of hydrogen-bond donors (Lipinski definition) is 2. The van der Waals surface area contributed by atoms with Crippen LogP contribution < -0.4 is 10.1 Å². The molecule has 2 rings (SSSR count). The molecule has 2 aromatic carbocycles. The summed E-state index contributed by atoms with van der Waals surface area (Å²) in [5.74, 6) is -0.966. The number of hydrogen-bond acceptors (Lipinski definition) is 3. The molecule has 0 bridgehead atoms. The first-order chi connectivity index (χ1) is 10.5. The van der Waals surface area contributed by atoms with E-state index in [4.69, 9.17) is 9.84 Å². The largest absolute Gasteiger partial charge is 0.481 e. The molecule has 0 fully saturated rings. The predicted octanol–water partition coefficient (Wildman–Crippen LogP) is 3.55. The second-order valence-corrected chi connectivity index (χ2v) is 5.47. The van der Waals surface area contributed by atoms with Gasteiger partial charge in [0.1, 0.15) is 5.75 Å². The molecule has 2 aromatic rings. The fourth-order valence-electron chi connectivity index (χ4n) is 1.78. The minimum atomic E-state index is -1.10. The van der Waals surface area contributed by atoms with Crippen LogP contribution in [0.25, 0.3) is 0 Å². The lowest BCUT2D eigenvalue weighted by atomic mass is 10.1. The first-order valence-electron chi connectivity index (χ1n) is 6.53. The van der Waals surface area contributed by atoms with Crippen LogP contribution in [-0.4, -0.2) is 23.1 Å². The molecule has 0 radical (unpaired) electrons. The molecule has 2 N–H and O–H groups in total. The number of nitrogens with one attached hydrogen (secondary N) is 1. The van der Waals surface area contributed by atoms with E-state index >= 15 is 0 Å². The highest BCUT2D eigenvalue weighted by Crippen LogP contribution is 2.19. The molecule has 0 aliphatic rings. The summed E-state index contributed by atoms with van der Waals surface area (Å²) in [6, 6.07) is 13.3. The van der Waals surface area contributed by atoms with Gasteiger partial charge < -0.3 is 15.2 Å². The van der Waals surface area contributed by atoms with E-state index in [0.717, 1.165) is 4.47 Å². The average Bonchev–Trinajstić information content (AvgIpc) is 2.49. The minimum Gasteiger partial charge on any atom is -0.481 e. The van der Waals surface area contributed by atoms with Gasteiger partial charge in [0.05, 0.1) is 11.3 Å². The normalized spacial score (nSPS) is 11.5. The second-order valence-electron chi connectivity index (χ2n) is 4.55. The number of carbonyl (C=O) groups is 2. The Morgan fingerprint density at radius 1 is 1.14 bits per heavy atom. The molecule has 0 heterocycles. The molecule has 0 saturated carbocycles. The van der Waals surface area contributed by atoms with Crippen LogP contribution in [0.4, 0.5) is 5.69 Å². The van der Waals surface area contributed by atoms with E-state index in [9.17, 15) is 9.59 Å². The van der Waals surface area contributed by atoms with Crippen molar-refractivity contribution in [1.82, 2.24) is 0 Å². The van der Waals surface area contributed by atoms with Crippen molar-refractivity contribution in [3.8, 4) is 5.75 Å². The second kappa shape index (κ2) is 7.09. The van der Waals surface area contributed by atoms with Crippen molar-refractivity contribution in [2.24, 2.45) is 0 Å². The lowest BCUT2D eigenvalue weighted by molar-refractivity contribution is -0.122. The van der Waals surface area contributed by atoms with Gasteiger partial charge in [-0.3, -0.25) is 4.79 Å². The van der Waals surface area contributed by atoms with Crippen molar-refractivity contribution in [3.05, 3.63) is 58.6 Å². The van der Waals surface area contributed by atoms with Gasteiger partial charge in [-0.1, -0.05) is 28.1 Å². The summed E-state index contributed by atoms with van der Waals surface area (Å²) in [5, 5.41) is 11.7. The van der Waals surface area contributed by atoms with Gasteiger partial charge in [0, 0.05) is 4.47 Å². The third kappa shape index (κ3) is 4.08. The van der Waals surface area contributed by atoms with E-state index < -0.39 is 18.0 Å². The molecule has 0 aromatic heterocycles. The number of halogens is 1. The first-order valence-corrected chi connectivity index (χ1v) is 7.32. The zero-order valence-electron chi connectivity index (χ0n) is 11.7. The first kappa shape index (κ1) is 16.0. The molecule has 0 aliphatic heterocycles. The highest BCUT2D eigenvalue weighted by molar-refractivity contribution is 9.10. The van der Waals surface area contributed by atoms with Gasteiger partial charge in [0.25, 0.3) is 5.91 Å². The van der Waals surface area contributed by atoms with Gasteiger partial charge in [-0.2, -0.15) is 0 Å². The fourth-order valence-corrected chi connectivity index (χ4v) is 2.05. The zero-order chi connectivity index (χ0) is 16.1. The smallest absolute Gasteiger partial charge is 0.337 e. The number of benzene rings is 2. The van der Waals surface area contributed by atoms with Crippen molar-refractivity contribution in [3.63, 3.8) is 0 Å². The average molecular weight is 364 g/mol. The monoisotopic (exact) mass is 363 g/mol. The van der Waals surface area contributed by atoms with Gasteiger partial charge in [-0.25, -0.2) is 4.79 Å². The standard InChI is InChI=1S/C16H14BrNO4/c1-10(22-12-8-6-11(17)7-9-12)15(19)18-14-5-3-2-4-13(14)16(20)21/h2-10H,1H3,(H,18,19)(H,20,21). The fraction of sp³-hybridized carbons (Fsp3) is 0.125. The molecular weight excluding hydrogens is 350 g/mol. The van der Waals surface area contributed by atoms with Crippen molar-refractivity contribution in [1.29, 1.82) is 0 Å². The predicted molar refractivity (Wildman–Crippen MR) is 86.3 cm³/mol. The Kier molecular flexibility index (Phi) is 5.16. The van der Waals surface area contributed by atoms with Crippen molar-refractivity contribution in [2.75, 3.05) is 5.32 Å². The van der Waals surface area contributed by atoms with E-state index in [1.807, 2.05) is 0 Å². The minimum absolute atomic E-state index is 0.0340. The van der Waals surface area contributed by atoms with Crippen LogP contribution in [-0.2, 0) is 4.79 Å². The molecule has 1 amide bonds. The van der Waals surface area contributed by atoms with Crippen LogP contribution in [0.1, 0.15) is 17.3 Å². The number of carbonyl (C=O) groups excluding carboxylic acids is 1. The Labute approximate surface area is 136 Å². The third-order valence-corrected chi connectivity index (χ3v) is 3.44. The molecule has 0 aliphatic carbocycles. The summed E-state index contributed by atoms with van der Waals surface area (Å²) < 4.78 is 6.43. The molecular formula is C16H14BrNO4. The van der Waals surface area contributed by atoms with Gasteiger partial charge in [0.2, 0.25) is 0 Å². The van der Waals surface area contributed by atoms with E-state index in [-0.39, 0.29) is 11.3 Å². The summed E-state index contributed by atoms with van der Waals surface area (Å²) in [6.07, 6.45) is -0.761. The molecule has 1 atom stereocenters.